The van der Waals surface area contributed by atoms with Gasteiger partial charge in [0.15, 0.2) is 11.5 Å². The van der Waals surface area contributed by atoms with Crippen LogP contribution in [0.2, 0.25) is 0 Å². The topological polar surface area (TPSA) is 104 Å². The number of ether oxygens (including phenoxy) is 1. The van der Waals surface area contributed by atoms with E-state index in [0.29, 0.717) is 0 Å². The summed E-state index contributed by atoms with van der Waals surface area (Å²) in [6.45, 7) is 0. The van der Waals surface area contributed by atoms with E-state index in [1.54, 1.807) is 18.2 Å². The summed E-state index contributed by atoms with van der Waals surface area (Å²) >= 11 is 0. The van der Waals surface area contributed by atoms with Crippen molar-refractivity contribution in [1.82, 2.24) is 0 Å². The van der Waals surface area contributed by atoms with Crippen molar-refractivity contribution in [2.45, 2.75) is 0 Å². The number of phenols is 2. The molecule has 0 aliphatic carbocycles. The zero-order valence-electron chi connectivity index (χ0n) is 12.4. The van der Waals surface area contributed by atoms with Gasteiger partial charge in [0, 0.05) is 17.7 Å². The first-order valence-corrected chi connectivity index (χ1v) is 6.88. The van der Waals surface area contributed by atoms with Crippen LogP contribution in [0.1, 0.15) is 11.1 Å². The van der Waals surface area contributed by atoms with Crippen LogP contribution in [0.15, 0.2) is 54.6 Å². The van der Waals surface area contributed by atoms with Gasteiger partial charge in [-0.3, -0.25) is 0 Å². The maximum absolute atomic E-state index is 11.8. The van der Waals surface area contributed by atoms with Gasteiger partial charge in [-0.2, -0.15) is 0 Å². The maximum Gasteiger partial charge on any atom is 0.336 e. The van der Waals surface area contributed by atoms with Gasteiger partial charge >= 0.3 is 11.9 Å². The van der Waals surface area contributed by atoms with Gasteiger partial charge in [0.25, 0.3) is 0 Å². The Bertz CT molecular complexity index is 806. The summed E-state index contributed by atoms with van der Waals surface area (Å²) in [7, 11) is 0. The Kier molecular flexibility index (Phi) is 5.36. The molecule has 0 aliphatic heterocycles. The number of aromatic hydroxyl groups is 2. The fourth-order valence-corrected chi connectivity index (χ4v) is 1.83. The second kappa shape index (κ2) is 7.64. The molecule has 2 aromatic carbocycles. The summed E-state index contributed by atoms with van der Waals surface area (Å²) in [5, 5.41) is 28.2. The summed E-state index contributed by atoms with van der Waals surface area (Å²) in [6, 6.07) is 11.7. The second-order valence-electron chi connectivity index (χ2n) is 4.69. The predicted octanol–water partition coefficient (Wildman–Crippen LogP) is 2.81. The molecule has 0 amide bonds. The molecular weight excluding hydrogens is 312 g/mol. The lowest BCUT2D eigenvalue weighted by atomic mass is 10.1. The zero-order chi connectivity index (χ0) is 17.5. The summed E-state index contributed by atoms with van der Waals surface area (Å²) in [5.41, 5.74) is 0.880. The Morgan fingerprint density at radius 2 is 1.58 bits per heavy atom. The van der Waals surface area contributed by atoms with Crippen LogP contribution in [-0.2, 0) is 9.59 Å². The molecule has 0 bridgehead atoms. The second-order valence-corrected chi connectivity index (χ2v) is 4.69. The van der Waals surface area contributed by atoms with Crippen LogP contribution >= 0.6 is 0 Å². The monoisotopic (exact) mass is 326 g/mol. The number of carbonyl (C=O) groups excluding carboxylic acids is 1. The lowest BCUT2D eigenvalue weighted by Crippen LogP contribution is -2.04. The number of phenolic OH excluding ortho intramolecular Hbond substituents is 2. The van der Waals surface area contributed by atoms with E-state index < -0.39 is 23.4 Å². The van der Waals surface area contributed by atoms with Gasteiger partial charge < -0.3 is 20.1 Å². The predicted molar refractivity (Wildman–Crippen MR) is 87.6 cm³/mol. The standard InChI is InChI=1S/C18H14O6/c19-15(20)10-8-13-7-9-14(18(23)17(13)22)24-16(21)11-6-12-4-2-1-3-5-12/h1-11,22-23H,(H,19,20)/b10-8+,11-6+. The molecule has 0 radical (unpaired) electrons. The third-order valence-electron chi connectivity index (χ3n) is 2.97. The third kappa shape index (κ3) is 4.48. The molecule has 6 heteroatoms. The molecule has 0 fully saturated rings. The van der Waals surface area contributed by atoms with Gasteiger partial charge in [-0.1, -0.05) is 30.3 Å². The first kappa shape index (κ1) is 16.8. The molecule has 0 aromatic heterocycles. The van der Waals surface area contributed by atoms with Gasteiger partial charge in [-0.05, 0) is 29.8 Å². The highest BCUT2D eigenvalue weighted by Gasteiger charge is 2.13. The van der Waals surface area contributed by atoms with E-state index in [0.717, 1.165) is 17.7 Å². The Balaban J connectivity index is 2.12. The van der Waals surface area contributed by atoms with Crippen LogP contribution < -0.4 is 4.74 Å². The molecule has 0 aliphatic rings. The van der Waals surface area contributed by atoms with Crippen molar-refractivity contribution < 1.29 is 29.6 Å². The molecule has 0 saturated heterocycles. The first-order chi connectivity index (χ1) is 11.5. The minimum Gasteiger partial charge on any atom is -0.504 e. The van der Waals surface area contributed by atoms with E-state index in [2.05, 4.69) is 0 Å². The van der Waals surface area contributed by atoms with Gasteiger partial charge in [-0.25, -0.2) is 9.59 Å². The summed E-state index contributed by atoms with van der Waals surface area (Å²) in [4.78, 5) is 22.2. The van der Waals surface area contributed by atoms with E-state index >= 15 is 0 Å². The van der Waals surface area contributed by atoms with Crippen LogP contribution in [0.3, 0.4) is 0 Å². The van der Waals surface area contributed by atoms with Crippen LogP contribution in [0, 0.1) is 0 Å². The highest BCUT2D eigenvalue weighted by Crippen LogP contribution is 2.38. The number of rotatable bonds is 5. The van der Waals surface area contributed by atoms with Gasteiger partial charge in [-0.15, -0.1) is 0 Å². The third-order valence-corrected chi connectivity index (χ3v) is 2.97. The van der Waals surface area contributed by atoms with Crippen LogP contribution in [-0.4, -0.2) is 27.3 Å². The van der Waals surface area contributed by atoms with Crippen molar-refractivity contribution in [3.05, 3.63) is 65.7 Å². The minimum absolute atomic E-state index is 0.0783. The SMILES string of the molecule is O=C(O)/C=C/c1ccc(OC(=O)/C=C/c2ccccc2)c(O)c1O. The molecule has 6 nitrogen and oxygen atoms in total. The molecule has 0 saturated carbocycles. The summed E-state index contributed by atoms with van der Waals surface area (Å²) < 4.78 is 4.95. The average Bonchev–Trinajstić information content (AvgIpc) is 2.57. The number of hydrogen-bond donors (Lipinski definition) is 3. The Morgan fingerprint density at radius 1 is 0.875 bits per heavy atom. The van der Waals surface area contributed by atoms with Gasteiger partial charge in [0.1, 0.15) is 0 Å². The lowest BCUT2D eigenvalue weighted by Gasteiger charge is -2.07. The normalized spacial score (nSPS) is 11.0. The van der Waals surface area contributed by atoms with Crippen molar-refractivity contribution in [2.24, 2.45) is 0 Å². The average molecular weight is 326 g/mol. The van der Waals surface area contributed by atoms with E-state index in [9.17, 15) is 19.8 Å². The number of benzene rings is 2. The van der Waals surface area contributed by atoms with Crippen molar-refractivity contribution in [3.63, 3.8) is 0 Å². The molecule has 0 heterocycles. The number of carboxylic acid groups (broad SMARTS) is 1. The number of esters is 1. The molecular formula is C18H14O6. The first-order valence-electron chi connectivity index (χ1n) is 6.88. The molecule has 2 aromatic rings. The minimum atomic E-state index is -1.20. The number of carboxylic acids is 1. The molecule has 3 N–H and O–H groups in total. The molecule has 2 rings (SSSR count). The van der Waals surface area contributed by atoms with Crippen molar-refractivity contribution in [1.29, 1.82) is 0 Å². The van der Waals surface area contributed by atoms with E-state index in [4.69, 9.17) is 9.84 Å². The summed E-state index contributed by atoms with van der Waals surface area (Å²) in [5.74, 6) is -3.39. The van der Waals surface area contributed by atoms with E-state index in [-0.39, 0.29) is 11.3 Å². The van der Waals surface area contributed by atoms with Crippen molar-refractivity contribution in [3.8, 4) is 17.2 Å². The largest absolute Gasteiger partial charge is 0.504 e. The van der Waals surface area contributed by atoms with E-state index in [1.165, 1.54) is 18.2 Å². The quantitative estimate of drug-likeness (QED) is 0.338. The highest BCUT2D eigenvalue weighted by molar-refractivity contribution is 5.89. The summed E-state index contributed by atoms with van der Waals surface area (Å²) in [6.07, 6.45) is 4.65. The van der Waals surface area contributed by atoms with Crippen molar-refractivity contribution in [2.75, 3.05) is 0 Å². The smallest absolute Gasteiger partial charge is 0.336 e. The van der Waals surface area contributed by atoms with Crippen LogP contribution in [0.4, 0.5) is 0 Å². The maximum atomic E-state index is 11.8. The van der Waals surface area contributed by atoms with Gasteiger partial charge in [0.05, 0.1) is 0 Å². The highest BCUT2D eigenvalue weighted by atomic mass is 16.5. The number of hydrogen-bond acceptors (Lipinski definition) is 5. The molecule has 0 unspecified atom stereocenters. The Labute approximate surface area is 137 Å². The molecule has 24 heavy (non-hydrogen) atoms. The number of carbonyl (C=O) groups is 2. The fourth-order valence-electron chi connectivity index (χ4n) is 1.83. The fraction of sp³-hybridized carbons (Fsp3) is 0. The van der Waals surface area contributed by atoms with Gasteiger partial charge in [0.2, 0.25) is 5.75 Å². The zero-order valence-corrected chi connectivity index (χ0v) is 12.4. The lowest BCUT2D eigenvalue weighted by molar-refractivity contribution is -0.131. The van der Waals surface area contributed by atoms with Crippen molar-refractivity contribution >= 4 is 24.1 Å². The van der Waals surface area contributed by atoms with Crippen LogP contribution in [0.25, 0.3) is 12.2 Å². The molecule has 0 spiro atoms. The Morgan fingerprint density at radius 3 is 2.25 bits per heavy atom. The van der Waals surface area contributed by atoms with Crippen LogP contribution in [0.5, 0.6) is 17.2 Å². The molecule has 0 atom stereocenters. The Hall–Kier alpha value is -3.54. The number of aliphatic carboxylic acids is 1. The van der Waals surface area contributed by atoms with E-state index in [1.807, 2.05) is 18.2 Å². The molecule has 122 valence electrons.